The second kappa shape index (κ2) is 5.28. The molecule has 5 heteroatoms. The van der Waals surface area contributed by atoms with Gasteiger partial charge in [-0.1, -0.05) is 0 Å². The molecule has 0 saturated heterocycles. The lowest BCUT2D eigenvalue weighted by Gasteiger charge is -2.11. The first-order valence-corrected chi connectivity index (χ1v) is 6.43. The molecule has 2 aromatic carbocycles. The van der Waals surface area contributed by atoms with Crippen LogP contribution in [0.15, 0.2) is 48.7 Å². The Morgan fingerprint density at radius 3 is 2.81 bits per heavy atom. The van der Waals surface area contributed by atoms with Gasteiger partial charge in [0.2, 0.25) is 0 Å². The number of rotatable bonds is 3. The average Bonchev–Trinajstić information content (AvgIpc) is 2.51. The standard InChI is InChI=1S/C16H14FN3O/c1-21-15-7-4-10(9-12(15)17)20-14-6-5-13(18)16-11(14)3-2-8-19-16/h2-9,20H,18H2,1H3. The number of anilines is 3. The molecule has 0 fully saturated rings. The third kappa shape index (κ3) is 2.45. The molecule has 4 nitrogen and oxygen atoms in total. The molecular weight excluding hydrogens is 269 g/mol. The van der Waals surface area contributed by atoms with Gasteiger partial charge in [-0.05, 0) is 36.4 Å². The topological polar surface area (TPSA) is 60.2 Å². The van der Waals surface area contributed by atoms with Crippen LogP contribution in [-0.4, -0.2) is 12.1 Å². The molecular formula is C16H14FN3O. The number of nitrogens with zero attached hydrogens (tertiary/aromatic N) is 1. The van der Waals surface area contributed by atoms with Crippen LogP contribution in [0.1, 0.15) is 0 Å². The van der Waals surface area contributed by atoms with Crippen LogP contribution in [0.25, 0.3) is 10.9 Å². The normalized spacial score (nSPS) is 10.6. The van der Waals surface area contributed by atoms with Gasteiger partial charge in [0.05, 0.1) is 18.3 Å². The van der Waals surface area contributed by atoms with Crippen molar-refractivity contribution in [1.29, 1.82) is 0 Å². The number of benzene rings is 2. The van der Waals surface area contributed by atoms with Crippen LogP contribution >= 0.6 is 0 Å². The van der Waals surface area contributed by atoms with Gasteiger partial charge in [0.1, 0.15) is 0 Å². The Bertz CT molecular complexity index is 805. The number of ether oxygens (including phenoxy) is 1. The number of methoxy groups -OCH3 is 1. The number of pyridine rings is 1. The van der Waals surface area contributed by atoms with Crippen molar-refractivity contribution < 1.29 is 9.13 Å². The van der Waals surface area contributed by atoms with Gasteiger partial charge in [-0.25, -0.2) is 4.39 Å². The highest BCUT2D eigenvalue weighted by molar-refractivity contribution is 5.99. The molecule has 0 aliphatic heterocycles. The summed E-state index contributed by atoms with van der Waals surface area (Å²) in [6.07, 6.45) is 1.69. The summed E-state index contributed by atoms with van der Waals surface area (Å²) in [5.41, 5.74) is 8.69. The summed E-state index contributed by atoms with van der Waals surface area (Å²) in [6, 6.07) is 12.1. The molecule has 0 unspecified atom stereocenters. The predicted octanol–water partition coefficient (Wildman–Crippen LogP) is 3.71. The molecule has 0 atom stereocenters. The van der Waals surface area contributed by atoms with E-state index in [1.807, 2.05) is 18.2 Å². The quantitative estimate of drug-likeness (QED) is 0.719. The van der Waals surface area contributed by atoms with E-state index in [2.05, 4.69) is 10.3 Å². The second-order valence-corrected chi connectivity index (χ2v) is 4.58. The Hall–Kier alpha value is -2.82. The van der Waals surface area contributed by atoms with E-state index in [-0.39, 0.29) is 5.75 Å². The molecule has 106 valence electrons. The maximum Gasteiger partial charge on any atom is 0.167 e. The Balaban J connectivity index is 2.02. The van der Waals surface area contributed by atoms with Gasteiger partial charge in [-0.2, -0.15) is 0 Å². The minimum atomic E-state index is -0.416. The number of aromatic nitrogens is 1. The van der Waals surface area contributed by atoms with Crippen molar-refractivity contribution in [1.82, 2.24) is 4.98 Å². The molecule has 21 heavy (non-hydrogen) atoms. The van der Waals surface area contributed by atoms with Gasteiger partial charge >= 0.3 is 0 Å². The van der Waals surface area contributed by atoms with Crippen molar-refractivity contribution in [2.45, 2.75) is 0 Å². The molecule has 3 aromatic rings. The molecule has 0 aliphatic rings. The maximum absolute atomic E-state index is 13.7. The highest BCUT2D eigenvalue weighted by Gasteiger charge is 2.07. The molecule has 0 aliphatic carbocycles. The molecule has 3 rings (SSSR count). The van der Waals surface area contributed by atoms with E-state index in [1.54, 1.807) is 24.4 Å². The summed E-state index contributed by atoms with van der Waals surface area (Å²) >= 11 is 0. The number of hydrogen-bond donors (Lipinski definition) is 2. The zero-order chi connectivity index (χ0) is 14.8. The summed E-state index contributed by atoms with van der Waals surface area (Å²) in [6.45, 7) is 0. The van der Waals surface area contributed by atoms with E-state index in [9.17, 15) is 4.39 Å². The van der Waals surface area contributed by atoms with Crippen molar-refractivity contribution in [3.05, 3.63) is 54.5 Å². The zero-order valence-corrected chi connectivity index (χ0v) is 11.4. The third-order valence-corrected chi connectivity index (χ3v) is 3.23. The van der Waals surface area contributed by atoms with Crippen LogP contribution in [0.5, 0.6) is 5.75 Å². The average molecular weight is 283 g/mol. The molecule has 1 aromatic heterocycles. The van der Waals surface area contributed by atoms with Crippen molar-refractivity contribution in [2.24, 2.45) is 0 Å². The minimum Gasteiger partial charge on any atom is -0.494 e. The van der Waals surface area contributed by atoms with Crippen molar-refractivity contribution >= 4 is 28.0 Å². The van der Waals surface area contributed by atoms with Crippen molar-refractivity contribution in [2.75, 3.05) is 18.2 Å². The molecule has 0 bridgehead atoms. The van der Waals surface area contributed by atoms with Crippen LogP contribution in [0.4, 0.5) is 21.5 Å². The summed E-state index contributed by atoms with van der Waals surface area (Å²) in [7, 11) is 1.44. The van der Waals surface area contributed by atoms with E-state index < -0.39 is 5.82 Å². The summed E-state index contributed by atoms with van der Waals surface area (Å²) in [5.74, 6) is -0.204. The monoisotopic (exact) mass is 283 g/mol. The number of halogens is 1. The lowest BCUT2D eigenvalue weighted by atomic mass is 10.1. The number of nitrogen functional groups attached to an aromatic ring is 1. The number of nitrogens with one attached hydrogen (secondary N) is 1. The maximum atomic E-state index is 13.7. The Labute approximate surface area is 121 Å². The van der Waals surface area contributed by atoms with Crippen LogP contribution < -0.4 is 15.8 Å². The van der Waals surface area contributed by atoms with Crippen molar-refractivity contribution in [3.63, 3.8) is 0 Å². The fourth-order valence-corrected chi connectivity index (χ4v) is 2.20. The van der Waals surface area contributed by atoms with Gasteiger partial charge in [-0.3, -0.25) is 4.98 Å². The summed E-state index contributed by atoms with van der Waals surface area (Å²) < 4.78 is 18.6. The first kappa shape index (κ1) is 13.2. The van der Waals surface area contributed by atoms with Gasteiger partial charge in [0, 0.05) is 29.0 Å². The van der Waals surface area contributed by atoms with E-state index in [1.165, 1.54) is 13.2 Å². The van der Waals surface area contributed by atoms with Gasteiger partial charge in [-0.15, -0.1) is 0 Å². The number of fused-ring (bicyclic) bond motifs is 1. The van der Waals surface area contributed by atoms with Crippen LogP contribution in [0.2, 0.25) is 0 Å². The first-order valence-electron chi connectivity index (χ1n) is 6.43. The van der Waals surface area contributed by atoms with Gasteiger partial charge in [0.25, 0.3) is 0 Å². The Morgan fingerprint density at radius 2 is 2.05 bits per heavy atom. The minimum absolute atomic E-state index is 0.212. The number of nitrogens with two attached hydrogens (primary N) is 1. The van der Waals surface area contributed by atoms with Gasteiger partial charge in [0.15, 0.2) is 11.6 Å². The SMILES string of the molecule is COc1ccc(Nc2ccc(N)c3ncccc23)cc1F. The van der Waals surface area contributed by atoms with E-state index in [4.69, 9.17) is 10.5 Å². The molecule has 0 saturated carbocycles. The van der Waals surface area contributed by atoms with E-state index in [0.29, 0.717) is 11.4 Å². The molecule has 0 radical (unpaired) electrons. The van der Waals surface area contributed by atoms with E-state index >= 15 is 0 Å². The van der Waals surface area contributed by atoms with Crippen LogP contribution in [0.3, 0.4) is 0 Å². The largest absolute Gasteiger partial charge is 0.494 e. The zero-order valence-electron chi connectivity index (χ0n) is 11.4. The summed E-state index contributed by atoms with van der Waals surface area (Å²) in [5, 5.41) is 4.06. The smallest absolute Gasteiger partial charge is 0.167 e. The molecule has 3 N–H and O–H groups in total. The van der Waals surface area contributed by atoms with E-state index in [0.717, 1.165) is 16.6 Å². The third-order valence-electron chi connectivity index (χ3n) is 3.23. The lowest BCUT2D eigenvalue weighted by molar-refractivity contribution is 0.386. The predicted molar refractivity (Wildman–Crippen MR) is 82.4 cm³/mol. The lowest BCUT2D eigenvalue weighted by Crippen LogP contribution is -1.96. The highest BCUT2D eigenvalue weighted by atomic mass is 19.1. The van der Waals surface area contributed by atoms with Crippen LogP contribution in [-0.2, 0) is 0 Å². The fourth-order valence-electron chi connectivity index (χ4n) is 2.20. The Morgan fingerprint density at radius 1 is 1.19 bits per heavy atom. The van der Waals surface area contributed by atoms with Crippen molar-refractivity contribution in [3.8, 4) is 5.75 Å². The Kier molecular flexibility index (Phi) is 3.31. The molecule has 0 amide bonds. The number of hydrogen-bond acceptors (Lipinski definition) is 4. The highest BCUT2D eigenvalue weighted by Crippen LogP contribution is 2.30. The first-order chi connectivity index (χ1) is 10.2. The summed E-state index contributed by atoms with van der Waals surface area (Å²) in [4.78, 5) is 4.27. The molecule has 1 heterocycles. The second-order valence-electron chi connectivity index (χ2n) is 4.58. The molecule has 0 spiro atoms. The fraction of sp³-hybridized carbons (Fsp3) is 0.0625. The van der Waals surface area contributed by atoms with Gasteiger partial charge < -0.3 is 15.8 Å². The van der Waals surface area contributed by atoms with Crippen LogP contribution in [0, 0.1) is 5.82 Å².